The SMILES string of the molecule is C=CCC(C)Cc1ccc(N(C2=CC=CC(C)(C)C=C2)c2ccccc2)cn1. The Balaban J connectivity index is 1.93. The van der Waals surface area contributed by atoms with Crippen molar-refractivity contribution in [1.29, 1.82) is 0 Å². The Bertz CT molecular complexity index is 870. The van der Waals surface area contributed by atoms with Gasteiger partial charge in [-0.05, 0) is 55.2 Å². The van der Waals surface area contributed by atoms with E-state index in [4.69, 9.17) is 4.98 Å². The molecule has 0 amide bonds. The van der Waals surface area contributed by atoms with Crippen LogP contribution in [0.15, 0.2) is 97.4 Å². The third-order valence-electron chi connectivity index (χ3n) is 4.94. The molecule has 1 heterocycles. The van der Waals surface area contributed by atoms with Gasteiger partial charge >= 0.3 is 0 Å². The lowest BCUT2D eigenvalue weighted by Crippen LogP contribution is -2.15. The summed E-state index contributed by atoms with van der Waals surface area (Å²) in [6, 6.07) is 14.8. The van der Waals surface area contributed by atoms with Crippen molar-refractivity contribution in [3.8, 4) is 0 Å². The summed E-state index contributed by atoms with van der Waals surface area (Å²) in [7, 11) is 0. The number of nitrogens with zero attached hydrogens (tertiary/aromatic N) is 2. The van der Waals surface area contributed by atoms with Crippen LogP contribution in [0.2, 0.25) is 0 Å². The highest BCUT2D eigenvalue weighted by molar-refractivity contribution is 5.70. The summed E-state index contributed by atoms with van der Waals surface area (Å²) in [4.78, 5) is 7.01. The minimum atomic E-state index is 0.0456. The lowest BCUT2D eigenvalue weighted by atomic mass is 9.93. The van der Waals surface area contributed by atoms with Gasteiger partial charge in [0.1, 0.15) is 0 Å². The van der Waals surface area contributed by atoms with Gasteiger partial charge in [0.05, 0.1) is 11.9 Å². The minimum absolute atomic E-state index is 0.0456. The van der Waals surface area contributed by atoms with Crippen LogP contribution in [0.5, 0.6) is 0 Å². The topological polar surface area (TPSA) is 16.1 Å². The van der Waals surface area contributed by atoms with Crippen molar-refractivity contribution in [3.63, 3.8) is 0 Å². The minimum Gasteiger partial charge on any atom is -0.309 e. The molecule has 1 aliphatic carbocycles. The number of benzene rings is 1. The van der Waals surface area contributed by atoms with Crippen molar-refractivity contribution in [3.05, 3.63) is 103 Å². The van der Waals surface area contributed by atoms with Crippen molar-refractivity contribution < 1.29 is 0 Å². The number of rotatable bonds is 7. The Morgan fingerprint density at radius 2 is 1.86 bits per heavy atom. The van der Waals surface area contributed by atoms with Gasteiger partial charge in [0, 0.05) is 22.5 Å². The Hall–Kier alpha value is -2.87. The highest BCUT2D eigenvalue weighted by Gasteiger charge is 2.17. The predicted molar refractivity (Wildman–Crippen MR) is 121 cm³/mol. The summed E-state index contributed by atoms with van der Waals surface area (Å²) in [5.74, 6) is 0.556. The van der Waals surface area contributed by atoms with E-state index in [9.17, 15) is 0 Å². The molecule has 0 N–H and O–H groups in total. The molecule has 3 rings (SSSR count). The van der Waals surface area contributed by atoms with Crippen molar-refractivity contribution in [2.45, 2.75) is 33.6 Å². The highest BCUT2D eigenvalue weighted by atomic mass is 15.2. The number of allylic oxidation sites excluding steroid dienone is 6. The van der Waals surface area contributed by atoms with Gasteiger partial charge in [-0.15, -0.1) is 6.58 Å². The lowest BCUT2D eigenvalue weighted by molar-refractivity contribution is 0.581. The first-order valence-corrected chi connectivity index (χ1v) is 9.98. The standard InChI is InChI=1S/C26H30N2/c1-5-10-21(2)19-22-14-15-25(20-27-22)28(23-11-7-6-8-12-23)24-13-9-17-26(3,4)18-16-24/h5-9,11-18,20-21H,1,10,19H2,2-4H3. The van der Waals surface area contributed by atoms with Crippen molar-refractivity contribution >= 4 is 11.4 Å². The fourth-order valence-electron chi connectivity index (χ4n) is 3.37. The van der Waals surface area contributed by atoms with Gasteiger partial charge in [0.25, 0.3) is 0 Å². The third kappa shape index (κ3) is 5.10. The molecular formula is C26H30N2. The fraction of sp³-hybridized carbons (Fsp3) is 0.269. The number of anilines is 2. The largest absolute Gasteiger partial charge is 0.309 e. The van der Waals surface area contributed by atoms with E-state index in [0.717, 1.165) is 35.6 Å². The van der Waals surface area contributed by atoms with Crippen molar-refractivity contribution in [2.24, 2.45) is 11.3 Å². The van der Waals surface area contributed by atoms with Crippen molar-refractivity contribution in [1.82, 2.24) is 4.98 Å². The number of hydrogen-bond donors (Lipinski definition) is 0. The van der Waals surface area contributed by atoms with E-state index in [2.05, 4.69) is 99.0 Å². The van der Waals surface area contributed by atoms with Crippen LogP contribution in [0.4, 0.5) is 11.4 Å². The molecule has 0 fully saturated rings. The molecule has 2 nitrogen and oxygen atoms in total. The Morgan fingerprint density at radius 3 is 2.54 bits per heavy atom. The number of hydrogen-bond acceptors (Lipinski definition) is 2. The molecule has 1 aromatic heterocycles. The van der Waals surface area contributed by atoms with Crippen LogP contribution in [0, 0.1) is 11.3 Å². The monoisotopic (exact) mass is 370 g/mol. The fourth-order valence-corrected chi connectivity index (χ4v) is 3.37. The van der Waals surface area contributed by atoms with Gasteiger partial charge in [-0.25, -0.2) is 0 Å². The maximum atomic E-state index is 4.75. The van der Waals surface area contributed by atoms with Gasteiger partial charge in [-0.3, -0.25) is 4.98 Å². The van der Waals surface area contributed by atoms with Crippen LogP contribution in [0.3, 0.4) is 0 Å². The second-order valence-electron chi connectivity index (χ2n) is 8.12. The molecular weight excluding hydrogens is 340 g/mol. The number of aromatic nitrogens is 1. The first-order valence-electron chi connectivity index (χ1n) is 9.98. The smallest absolute Gasteiger partial charge is 0.0645 e. The zero-order valence-corrected chi connectivity index (χ0v) is 17.2. The van der Waals surface area contributed by atoms with Gasteiger partial charge < -0.3 is 4.90 Å². The highest BCUT2D eigenvalue weighted by Crippen LogP contribution is 2.32. The molecule has 0 saturated heterocycles. The number of pyridine rings is 1. The Kier molecular flexibility index (Phi) is 6.30. The first-order chi connectivity index (χ1) is 13.5. The maximum absolute atomic E-state index is 4.75. The average Bonchev–Trinajstić information content (AvgIpc) is 2.85. The summed E-state index contributed by atoms with van der Waals surface area (Å²) in [6.07, 6.45) is 16.9. The quantitative estimate of drug-likeness (QED) is 0.487. The number of para-hydroxylation sites is 1. The van der Waals surface area contributed by atoms with Crippen molar-refractivity contribution in [2.75, 3.05) is 4.90 Å². The van der Waals surface area contributed by atoms with Crippen LogP contribution >= 0.6 is 0 Å². The van der Waals surface area contributed by atoms with E-state index in [1.807, 2.05) is 18.3 Å². The van der Waals surface area contributed by atoms with Gasteiger partial charge in [-0.1, -0.05) is 63.3 Å². The summed E-state index contributed by atoms with van der Waals surface area (Å²) < 4.78 is 0. The zero-order valence-electron chi connectivity index (χ0n) is 17.2. The molecule has 2 heteroatoms. The predicted octanol–water partition coefficient (Wildman–Crippen LogP) is 7.01. The van der Waals surface area contributed by atoms with E-state index in [-0.39, 0.29) is 5.41 Å². The summed E-state index contributed by atoms with van der Waals surface area (Å²) in [5.41, 5.74) is 4.49. The molecule has 0 aliphatic heterocycles. The summed E-state index contributed by atoms with van der Waals surface area (Å²) in [6.45, 7) is 10.5. The van der Waals surface area contributed by atoms with Crippen LogP contribution in [-0.4, -0.2) is 4.98 Å². The molecule has 0 radical (unpaired) electrons. The van der Waals surface area contributed by atoms with E-state index in [1.165, 1.54) is 0 Å². The molecule has 0 spiro atoms. The summed E-state index contributed by atoms with van der Waals surface area (Å²) >= 11 is 0. The molecule has 144 valence electrons. The van der Waals surface area contributed by atoms with Crippen LogP contribution in [0.1, 0.15) is 32.9 Å². The normalized spacial score (nSPS) is 16.2. The molecule has 2 aromatic rings. The van der Waals surface area contributed by atoms with Gasteiger partial charge in [0.2, 0.25) is 0 Å². The lowest BCUT2D eigenvalue weighted by Gasteiger charge is -2.26. The van der Waals surface area contributed by atoms with E-state index >= 15 is 0 Å². The first kappa shape index (κ1) is 19.9. The average molecular weight is 371 g/mol. The van der Waals surface area contributed by atoms with Gasteiger partial charge in [0.15, 0.2) is 0 Å². The molecule has 1 aromatic carbocycles. The zero-order chi connectivity index (χ0) is 20.0. The Morgan fingerprint density at radius 1 is 1.07 bits per heavy atom. The third-order valence-corrected chi connectivity index (χ3v) is 4.94. The molecule has 0 bridgehead atoms. The molecule has 1 aliphatic rings. The second kappa shape index (κ2) is 8.88. The Labute approximate surface area is 169 Å². The van der Waals surface area contributed by atoms with E-state index in [1.54, 1.807) is 0 Å². The molecule has 1 atom stereocenters. The van der Waals surface area contributed by atoms with Crippen LogP contribution < -0.4 is 4.90 Å². The molecule has 1 unspecified atom stereocenters. The van der Waals surface area contributed by atoms with E-state index < -0.39 is 0 Å². The molecule has 28 heavy (non-hydrogen) atoms. The summed E-state index contributed by atoms with van der Waals surface area (Å²) in [5, 5.41) is 0. The maximum Gasteiger partial charge on any atom is 0.0645 e. The second-order valence-corrected chi connectivity index (χ2v) is 8.12. The van der Waals surface area contributed by atoms with E-state index in [0.29, 0.717) is 5.92 Å². The van der Waals surface area contributed by atoms with Gasteiger partial charge in [-0.2, -0.15) is 0 Å². The molecule has 0 saturated carbocycles. The van der Waals surface area contributed by atoms with Crippen LogP contribution in [0.25, 0.3) is 0 Å². The van der Waals surface area contributed by atoms with Crippen LogP contribution in [-0.2, 0) is 6.42 Å².